The number of likely N-dealkylation sites (N-methyl/N-ethyl adjacent to an activating group) is 1. The average Bonchev–Trinajstić information content (AvgIpc) is 3.30. The number of nitrogens with one attached hydrogen (secondary N) is 1. The molecule has 164 valence electrons. The summed E-state index contributed by atoms with van der Waals surface area (Å²) in [5.74, 6) is 0.0206. The third kappa shape index (κ3) is 4.09. The number of amides is 1. The number of hydrogen-bond acceptors (Lipinski definition) is 4. The van der Waals surface area contributed by atoms with E-state index in [9.17, 15) is 9.90 Å². The molecule has 1 amide bonds. The number of hydrogen-bond donors (Lipinski definition) is 2. The molecular weight excluding hydrogens is 386 g/mol. The number of fused-ring (bicyclic) bond motifs is 2. The Morgan fingerprint density at radius 2 is 1.87 bits per heavy atom. The Hall–Kier alpha value is -2.37. The fraction of sp³-hybridized carbons (Fsp3) is 0.500. The molecule has 1 saturated carbocycles. The second-order valence-corrected chi connectivity index (χ2v) is 9.82. The topological polar surface area (TPSA) is 55.8 Å². The van der Waals surface area contributed by atoms with Crippen molar-refractivity contribution >= 4 is 11.6 Å². The lowest BCUT2D eigenvalue weighted by molar-refractivity contribution is 0.0867. The van der Waals surface area contributed by atoms with Crippen molar-refractivity contribution in [1.29, 1.82) is 0 Å². The van der Waals surface area contributed by atoms with E-state index in [1.165, 1.54) is 16.8 Å². The second kappa shape index (κ2) is 8.29. The van der Waals surface area contributed by atoms with Gasteiger partial charge in [-0.2, -0.15) is 0 Å². The maximum atomic E-state index is 13.0. The van der Waals surface area contributed by atoms with Crippen molar-refractivity contribution in [2.45, 2.75) is 56.2 Å². The lowest BCUT2D eigenvalue weighted by Crippen LogP contribution is -2.38. The minimum absolute atomic E-state index is 0.0206. The van der Waals surface area contributed by atoms with Crippen molar-refractivity contribution in [3.63, 3.8) is 0 Å². The first-order valence-corrected chi connectivity index (χ1v) is 11.6. The van der Waals surface area contributed by atoms with Crippen LogP contribution in [0.2, 0.25) is 0 Å². The summed E-state index contributed by atoms with van der Waals surface area (Å²) in [4.78, 5) is 17.9. The van der Waals surface area contributed by atoms with E-state index in [2.05, 4.69) is 64.6 Å². The summed E-state index contributed by atoms with van der Waals surface area (Å²) in [7, 11) is 2.20. The molecule has 2 aromatic carbocycles. The minimum atomic E-state index is -0.206. The third-order valence-corrected chi connectivity index (χ3v) is 7.46. The van der Waals surface area contributed by atoms with Crippen LogP contribution in [0.5, 0.6) is 0 Å². The number of rotatable bonds is 4. The smallest absolute Gasteiger partial charge is 0.251 e. The molecule has 0 radical (unpaired) electrons. The lowest BCUT2D eigenvalue weighted by Gasteiger charge is -2.27. The van der Waals surface area contributed by atoms with E-state index in [-0.39, 0.29) is 23.5 Å². The molecule has 1 saturated heterocycles. The van der Waals surface area contributed by atoms with Gasteiger partial charge in [-0.3, -0.25) is 4.79 Å². The second-order valence-electron chi connectivity index (χ2n) is 9.82. The van der Waals surface area contributed by atoms with Gasteiger partial charge in [-0.05, 0) is 75.0 Å². The minimum Gasteiger partial charge on any atom is -0.393 e. The van der Waals surface area contributed by atoms with E-state index in [1.54, 1.807) is 0 Å². The number of carbonyl (C=O) groups excluding carboxylic acids is 1. The largest absolute Gasteiger partial charge is 0.393 e. The first-order chi connectivity index (χ1) is 15.0. The maximum absolute atomic E-state index is 13.0. The van der Waals surface area contributed by atoms with E-state index < -0.39 is 0 Å². The van der Waals surface area contributed by atoms with Crippen LogP contribution in [0.15, 0.2) is 48.5 Å². The molecule has 2 heterocycles. The molecule has 2 aliphatic heterocycles. The van der Waals surface area contributed by atoms with Gasteiger partial charge < -0.3 is 20.2 Å². The van der Waals surface area contributed by atoms with Crippen LogP contribution < -0.4 is 10.2 Å². The Morgan fingerprint density at radius 1 is 1.10 bits per heavy atom. The Bertz CT molecular complexity index is 939. The number of nitrogens with zero attached hydrogens (tertiary/aromatic N) is 2. The molecule has 1 unspecified atom stereocenters. The van der Waals surface area contributed by atoms with Gasteiger partial charge in [0.15, 0.2) is 0 Å². The fourth-order valence-electron chi connectivity index (χ4n) is 5.78. The lowest BCUT2D eigenvalue weighted by atomic mass is 9.81. The molecule has 0 aromatic heterocycles. The monoisotopic (exact) mass is 419 g/mol. The van der Waals surface area contributed by atoms with E-state index in [4.69, 9.17) is 0 Å². The molecule has 3 aliphatic rings. The van der Waals surface area contributed by atoms with Gasteiger partial charge in [-0.15, -0.1) is 0 Å². The molecule has 5 rings (SSSR count). The Kier molecular flexibility index (Phi) is 5.49. The van der Waals surface area contributed by atoms with E-state index in [0.29, 0.717) is 0 Å². The van der Waals surface area contributed by atoms with Crippen LogP contribution in [-0.4, -0.2) is 54.7 Å². The van der Waals surface area contributed by atoms with Crippen molar-refractivity contribution in [2.75, 3.05) is 31.6 Å². The molecule has 2 N–H and O–H groups in total. The van der Waals surface area contributed by atoms with Gasteiger partial charge in [0.2, 0.25) is 0 Å². The molecule has 2 aromatic rings. The molecule has 31 heavy (non-hydrogen) atoms. The number of benzene rings is 2. The predicted molar refractivity (Wildman–Crippen MR) is 123 cm³/mol. The molecular formula is C26H33N3O2. The van der Waals surface area contributed by atoms with Crippen molar-refractivity contribution in [1.82, 2.24) is 10.2 Å². The van der Waals surface area contributed by atoms with Gasteiger partial charge in [0, 0.05) is 42.3 Å². The Morgan fingerprint density at radius 3 is 2.58 bits per heavy atom. The molecule has 2 fully saturated rings. The zero-order valence-electron chi connectivity index (χ0n) is 18.4. The molecule has 1 aliphatic carbocycles. The molecule has 5 nitrogen and oxygen atoms in total. The summed E-state index contributed by atoms with van der Waals surface area (Å²) in [6, 6.07) is 17.1. The zero-order chi connectivity index (χ0) is 21.4. The summed E-state index contributed by atoms with van der Waals surface area (Å²) in [5, 5.41) is 12.9. The van der Waals surface area contributed by atoms with Crippen molar-refractivity contribution in [3.05, 3.63) is 65.2 Å². The van der Waals surface area contributed by atoms with Crippen LogP contribution in [0.4, 0.5) is 5.69 Å². The summed E-state index contributed by atoms with van der Waals surface area (Å²) >= 11 is 0. The number of anilines is 1. The van der Waals surface area contributed by atoms with Crippen molar-refractivity contribution in [3.8, 4) is 0 Å². The van der Waals surface area contributed by atoms with Gasteiger partial charge in [0.1, 0.15) is 0 Å². The Balaban J connectivity index is 1.40. The van der Waals surface area contributed by atoms with Crippen molar-refractivity contribution in [2.24, 2.45) is 0 Å². The fourth-order valence-corrected chi connectivity index (χ4v) is 5.78. The summed E-state index contributed by atoms with van der Waals surface area (Å²) < 4.78 is 0. The standard InChI is InChI=1S/C26H33N3O2/c1-28-14-13-26(17-28)18-29(16-19-5-3-2-4-6-19)24-12-7-20(15-23(24)26)25(31)27-21-8-10-22(30)11-9-21/h2-7,12,15,21-22,30H,8-11,13-14,16-18H2,1H3,(H,27,31). The molecule has 0 bridgehead atoms. The van der Waals surface area contributed by atoms with Gasteiger partial charge in [0.05, 0.1) is 6.10 Å². The normalized spacial score (nSPS) is 28.1. The Labute approximate surface area is 185 Å². The highest BCUT2D eigenvalue weighted by molar-refractivity contribution is 5.95. The van der Waals surface area contributed by atoms with Crippen LogP contribution in [0.25, 0.3) is 0 Å². The number of likely N-dealkylation sites (tertiary alicyclic amines) is 1. The van der Waals surface area contributed by atoms with Crippen LogP contribution in [0.3, 0.4) is 0 Å². The molecule has 1 atom stereocenters. The van der Waals surface area contributed by atoms with Gasteiger partial charge in [-0.1, -0.05) is 30.3 Å². The maximum Gasteiger partial charge on any atom is 0.251 e. The zero-order valence-corrected chi connectivity index (χ0v) is 18.4. The van der Waals surface area contributed by atoms with Gasteiger partial charge >= 0.3 is 0 Å². The predicted octanol–water partition coefficient (Wildman–Crippen LogP) is 3.31. The van der Waals surface area contributed by atoms with E-state index in [0.717, 1.165) is 63.8 Å². The van der Waals surface area contributed by atoms with E-state index in [1.807, 2.05) is 6.07 Å². The number of aliphatic hydroxyl groups is 1. The van der Waals surface area contributed by atoms with Gasteiger partial charge in [0.25, 0.3) is 5.91 Å². The average molecular weight is 420 g/mol. The molecule has 5 heteroatoms. The first kappa shape index (κ1) is 20.5. The quantitative estimate of drug-likeness (QED) is 0.798. The highest BCUT2D eigenvalue weighted by atomic mass is 16.3. The SMILES string of the molecule is CN1CCC2(C1)CN(Cc1ccccc1)c1ccc(C(=O)NC3CCC(O)CC3)cc12. The number of aliphatic hydroxyl groups excluding tert-OH is 1. The first-order valence-electron chi connectivity index (χ1n) is 11.6. The molecule has 1 spiro atoms. The summed E-state index contributed by atoms with van der Waals surface area (Å²) in [6.45, 7) is 4.04. The summed E-state index contributed by atoms with van der Waals surface area (Å²) in [5.41, 5.74) is 4.79. The summed E-state index contributed by atoms with van der Waals surface area (Å²) in [6.07, 6.45) is 4.20. The van der Waals surface area contributed by atoms with E-state index >= 15 is 0 Å². The highest BCUT2D eigenvalue weighted by Gasteiger charge is 2.46. The van der Waals surface area contributed by atoms with Crippen LogP contribution >= 0.6 is 0 Å². The van der Waals surface area contributed by atoms with Crippen molar-refractivity contribution < 1.29 is 9.90 Å². The van der Waals surface area contributed by atoms with Gasteiger partial charge in [-0.25, -0.2) is 0 Å². The highest BCUT2D eigenvalue weighted by Crippen LogP contribution is 2.47. The van der Waals surface area contributed by atoms with Crippen LogP contribution in [-0.2, 0) is 12.0 Å². The van der Waals surface area contributed by atoms with Crippen LogP contribution in [0, 0.1) is 0 Å². The third-order valence-electron chi connectivity index (χ3n) is 7.46. The van der Waals surface area contributed by atoms with Crippen LogP contribution in [0.1, 0.15) is 53.6 Å². The number of carbonyl (C=O) groups is 1.